The fourth-order valence-corrected chi connectivity index (χ4v) is 1.51. The molecule has 0 saturated carbocycles. The lowest BCUT2D eigenvalue weighted by molar-refractivity contribution is 0.146. The van der Waals surface area contributed by atoms with E-state index in [-0.39, 0.29) is 6.10 Å². The standard InChI is InChI=1S/C8H14O.C2H6/c1-6-3-7(2)5-8(9)4-6;1-2/h3,6,8-9H,4-5H2,1-2H3;1-2H3/t6-,8-;/m0./s1. The summed E-state index contributed by atoms with van der Waals surface area (Å²) in [5.41, 5.74) is 1.33. The fourth-order valence-electron chi connectivity index (χ4n) is 1.51. The van der Waals surface area contributed by atoms with Gasteiger partial charge in [-0.3, -0.25) is 0 Å². The molecule has 0 aliphatic heterocycles. The van der Waals surface area contributed by atoms with Crippen LogP contribution in [0.15, 0.2) is 11.6 Å². The highest BCUT2D eigenvalue weighted by molar-refractivity contribution is 5.06. The lowest BCUT2D eigenvalue weighted by Crippen LogP contribution is -2.15. The third-order valence-electron chi connectivity index (χ3n) is 1.77. The summed E-state index contributed by atoms with van der Waals surface area (Å²) in [6.45, 7) is 8.23. The van der Waals surface area contributed by atoms with Gasteiger partial charge in [0.2, 0.25) is 0 Å². The zero-order valence-corrected chi connectivity index (χ0v) is 8.09. The first-order valence-corrected chi connectivity index (χ1v) is 4.54. The van der Waals surface area contributed by atoms with Gasteiger partial charge in [-0.2, -0.15) is 0 Å². The second-order valence-electron chi connectivity index (χ2n) is 3.08. The Morgan fingerprint density at radius 2 is 2.00 bits per heavy atom. The molecule has 1 heteroatoms. The summed E-state index contributed by atoms with van der Waals surface area (Å²) in [6.07, 6.45) is 3.99. The topological polar surface area (TPSA) is 20.2 Å². The number of aliphatic hydroxyl groups excluding tert-OH is 1. The maximum atomic E-state index is 9.21. The summed E-state index contributed by atoms with van der Waals surface area (Å²) in [6, 6.07) is 0. The molecule has 0 spiro atoms. The normalized spacial score (nSPS) is 30.1. The van der Waals surface area contributed by atoms with Crippen molar-refractivity contribution in [2.45, 2.75) is 46.6 Å². The highest BCUT2D eigenvalue weighted by Gasteiger charge is 2.14. The zero-order valence-electron chi connectivity index (χ0n) is 8.09. The van der Waals surface area contributed by atoms with Gasteiger partial charge >= 0.3 is 0 Å². The predicted molar refractivity (Wildman–Crippen MR) is 49.5 cm³/mol. The van der Waals surface area contributed by atoms with Gasteiger partial charge in [-0.05, 0) is 25.7 Å². The monoisotopic (exact) mass is 156 g/mol. The molecule has 2 atom stereocenters. The van der Waals surface area contributed by atoms with Crippen LogP contribution in [0, 0.1) is 5.92 Å². The minimum atomic E-state index is -0.0787. The first-order chi connectivity index (χ1) is 5.18. The fraction of sp³-hybridized carbons (Fsp3) is 0.800. The first-order valence-electron chi connectivity index (χ1n) is 4.54. The predicted octanol–water partition coefficient (Wildman–Crippen LogP) is 2.75. The van der Waals surface area contributed by atoms with E-state index in [4.69, 9.17) is 0 Å². The van der Waals surface area contributed by atoms with E-state index in [9.17, 15) is 5.11 Å². The third kappa shape index (κ3) is 4.20. The van der Waals surface area contributed by atoms with Crippen LogP contribution < -0.4 is 0 Å². The molecule has 1 aliphatic rings. The van der Waals surface area contributed by atoms with E-state index in [1.54, 1.807) is 0 Å². The molecule has 1 aliphatic carbocycles. The van der Waals surface area contributed by atoms with Crippen molar-refractivity contribution < 1.29 is 5.11 Å². The maximum Gasteiger partial charge on any atom is 0.0582 e. The molecule has 0 fully saturated rings. The number of allylic oxidation sites excluding steroid dienone is 1. The van der Waals surface area contributed by atoms with Crippen LogP contribution in [0.2, 0.25) is 0 Å². The Balaban J connectivity index is 0.000000461. The molecule has 1 rings (SSSR count). The van der Waals surface area contributed by atoms with Gasteiger partial charge in [-0.25, -0.2) is 0 Å². The van der Waals surface area contributed by atoms with E-state index in [2.05, 4.69) is 19.9 Å². The van der Waals surface area contributed by atoms with Gasteiger partial charge in [-0.1, -0.05) is 32.4 Å². The molecular formula is C10H20O. The molecule has 0 bridgehead atoms. The van der Waals surface area contributed by atoms with Crippen LogP contribution in [0.25, 0.3) is 0 Å². The van der Waals surface area contributed by atoms with Crippen molar-refractivity contribution in [3.05, 3.63) is 11.6 Å². The van der Waals surface area contributed by atoms with Crippen molar-refractivity contribution >= 4 is 0 Å². The Morgan fingerprint density at radius 1 is 1.45 bits per heavy atom. The Kier molecular flexibility index (Phi) is 5.22. The van der Waals surface area contributed by atoms with Crippen LogP contribution >= 0.6 is 0 Å². The Hall–Kier alpha value is -0.300. The number of aliphatic hydroxyl groups is 1. The lowest BCUT2D eigenvalue weighted by atomic mass is 9.91. The van der Waals surface area contributed by atoms with Crippen molar-refractivity contribution in [3.8, 4) is 0 Å². The molecular weight excluding hydrogens is 136 g/mol. The molecule has 0 saturated heterocycles. The maximum absolute atomic E-state index is 9.21. The van der Waals surface area contributed by atoms with Gasteiger partial charge in [0.25, 0.3) is 0 Å². The van der Waals surface area contributed by atoms with Crippen LogP contribution in [-0.2, 0) is 0 Å². The van der Waals surface area contributed by atoms with Crippen molar-refractivity contribution in [1.29, 1.82) is 0 Å². The van der Waals surface area contributed by atoms with Crippen LogP contribution in [0.5, 0.6) is 0 Å². The summed E-state index contributed by atoms with van der Waals surface area (Å²) < 4.78 is 0. The molecule has 1 N–H and O–H groups in total. The molecule has 0 unspecified atom stereocenters. The van der Waals surface area contributed by atoms with E-state index in [0.717, 1.165) is 12.8 Å². The molecule has 0 amide bonds. The molecule has 0 aromatic rings. The summed E-state index contributed by atoms with van der Waals surface area (Å²) in [5.74, 6) is 0.578. The SMILES string of the molecule is CC.CC1=C[C@H](C)C[C@H](O)C1. The van der Waals surface area contributed by atoms with Crippen LogP contribution in [0.3, 0.4) is 0 Å². The summed E-state index contributed by atoms with van der Waals surface area (Å²) in [4.78, 5) is 0. The molecule has 66 valence electrons. The largest absolute Gasteiger partial charge is 0.393 e. The Morgan fingerprint density at radius 3 is 2.36 bits per heavy atom. The van der Waals surface area contributed by atoms with E-state index >= 15 is 0 Å². The smallest absolute Gasteiger partial charge is 0.0582 e. The highest BCUT2D eigenvalue weighted by Crippen LogP contribution is 2.21. The van der Waals surface area contributed by atoms with E-state index in [1.165, 1.54) is 5.57 Å². The summed E-state index contributed by atoms with van der Waals surface area (Å²) in [5, 5.41) is 9.21. The molecule has 1 nitrogen and oxygen atoms in total. The van der Waals surface area contributed by atoms with Crippen LogP contribution in [0.4, 0.5) is 0 Å². The quantitative estimate of drug-likeness (QED) is 0.535. The first kappa shape index (κ1) is 10.7. The van der Waals surface area contributed by atoms with Gasteiger partial charge < -0.3 is 5.11 Å². The second kappa shape index (κ2) is 5.36. The van der Waals surface area contributed by atoms with Gasteiger partial charge in [-0.15, -0.1) is 0 Å². The van der Waals surface area contributed by atoms with Crippen molar-refractivity contribution in [2.75, 3.05) is 0 Å². The average molecular weight is 156 g/mol. The van der Waals surface area contributed by atoms with Crippen LogP contribution in [0.1, 0.15) is 40.5 Å². The average Bonchev–Trinajstić information content (AvgIpc) is 1.88. The van der Waals surface area contributed by atoms with E-state index in [0.29, 0.717) is 5.92 Å². The summed E-state index contributed by atoms with van der Waals surface area (Å²) in [7, 11) is 0. The number of rotatable bonds is 0. The molecule has 11 heavy (non-hydrogen) atoms. The Bertz CT molecular complexity index is 127. The Labute approximate surface area is 70.1 Å². The van der Waals surface area contributed by atoms with Crippen molar-refractivity contribution in [1.82, 2.24) is 0 Å². The second-order valence-corrected chi connectivity index (χ2v) is 3.08. The van der Waals surface area contributed by atoms with Crippen LogP contribution in [-0.4, -0.2) is 11.2 Å². The third-order valence-corrected chi connectivity index (χ3v) is 1.77. The van der Waals surface area contributed by atoms with Gasteiger partial charge in [0, 0.05) is 0 Å². The molecule has 0 radical (unpaired) electrons. The van der Waals surface area contributed by atoms with E-state index < -0.39 is 0 Å². The van der Waals surface area contributed by atoms with E-state index in [1.807, 2.05) is 13.8 Å². The van der Waals surface area contributed by atoms with Crippen molar-refractivity contribution in [3.63, 3.8) is 0 Å². The summed E-state index contributed by atoms with van der Waals surface area (Å²) >= 11 is 0. The van der Waals surface area contributed by atoms with Gasteiger partial charge in [0.1, 0.15) is 0 Å². The van der Waals surface area contributed by atoms with Crippen molar-refractivity contribution in [2.24, 2.45) is 5.92 Å². The minimum absolute atomic E-state index is 0.0787. The lowest BCUT2D eigenvalue weighted by Gasteiger charge is -2.20. The molecule has 0 heterocycles. The molecule has 0 aromatic heterocycles. The van der Waals surface area contributed by atoms with Gasteiger partial charge in [0.15, 0.2) is 0 Å². The van der Waals surface area contributed by atoms with Gasteiger partial charge in [0.05, 0.1) is 6.10 Å². The highest BCUT2D eigenvalue weighted by atomic mass is 16.3. The number of hydrogen-bond acceptors (Lipinski definition) is 1. The minimum Gasteiger partial charge on any atom is -0.393 e. The number of hydrogen-bond donors (Lipinski definition) is 1. The molecule has 0 aromatic carbocycles. The zero-order chi connectivity index (χ0) is 8.85.